The smallest absolute Gasteiger partial charge is 0.123 e. The Bertz CT molecular complexity index is 848. The summed E-state index contributed by atoms with van der Waals surface area (Å²) in [5.74, 6) is -0.287. The van der Waals surface area contributed by atoms with Crippen molar-refractivity contribution in [3.63, 3.8) is 0 Å². The molecule has 2 N–H and O–H groups in total. The first-order valence-electron chi connectivity index (χ1n) is 10.4. The normalized spacial score (nSPS) is 15.5. The number of aromatic hydroxyl groups is 1. The van der Waals surface area contributed by atoms with E-state index < -0.39 is 6.10 Å². The van der Waals surface area contributed by atoms with Crippen molar-refractivity contribution in [2.75, 3.05) is 11.7 Å². The zero-order chi connectivity index (χ0) is 22.8. The molecule has 0 saturated carbocycles. The van der Waals surface area contributed by atoms with E-state index in [9.17, 15) is 19.0 Å². The molecule has 0 aromatic heterocycles. The molecule has 3 aromatic carbocycles. The summed E-state index contributed by atoms with van der Waals surface area (Å²) in [7, 11) is 0. The number of hydrogen-bond acceptors (Lipinski definition) is 4. The average molecular weight is 430 g/mol. The quantitative estimate of drug-likeness (QED) is 0.510. The molecule has 31 heavy (non-hydrogen) atoms. The van der Waals surface area contributed by atoms with Gasteiger partial charge in [0.15, 0.2) is 0 Å². The number of rotatable bonds is 4. The molecule has 0 aliphatic carbocycles. The van der Waals surface area contributed by atoms with Gasteiger partial charge in [0.1, 0.15) is 30.0 Å². The van der Waals surface area contributed by atoms with Gasteiger partial charge in [0.05, 0.1) is 11.8 Å². The number of anilines is 1. The summed E-state index contributed by atoms with van der Waals surface area (Å²) in [6, 6.07) is 19.2. The lowest BCUT2D eigenvalue weighted by molar-refractivity contribution is -0.0260. The van der Waals surface area contributed by atoms with Crippen LogP contribution in [-0.4, -0.2) is 16.8 Å². The second-order valence-electron chi connectivity index (χ2n) is 6.68. The van der Waals surface area contributed by atoms with E-state index in [-0.39, 0.29) is 23.4 Å². The monoisotopic (exact) mass is 429 g/mol. The van der Waals surface area contributed by atoms with Crippen LogP contribution in [0.4, 0.5) is 14.5 Å². The van der Waals surface area contributed by atoms with Crippen LogP contribution in [0.1, 0.15) is 50.5 Å². The van der Waals surface area contributed by atoms with Crippen molar-refractivity contribution >= 4 is 5.69 Å². The molecule has 2 atom stereocenters. The molecule has 6 heteroatoms. The van der Waals surface area contributed by atoms with Crippen LogP contribution in [0.5, 0.6) is 5.75 Å². The van der Waals surface area contributed by atoms with E-state index in [0.717, 1.165) is 16.8 Å². The van der Waals surface area contributed by atoms with E-state index in [2.05, 4.69) is 0 Å². The van der Waals surface area contributed by atoms with E-state index in [1.807, 2.05) is 32.9 Å². The third-order valence-corrected chi connectivity index (χ3v) is 4.66. The molecule has 1 aliphatic rings. The van der Waals surface area contributed by atoms with E-state index in [0.29, 0.717) is 13.0 Å². The molecule has 0 spiro atoms. The Hall–Kier alpha value is -2.96. The van der Waals surface area contributed by atoms with Gasteiger partial charge in [0.2, 0.25) is 0 Å². The number of phenolic OH excluding ortho intramolecular Hbond substituents is 1. The molecule has 2 unspecified atom stereocenters. The molecule has 1 saturated heterocycles. The fraction of sp³-hybridized carbons (Fsp3) is 0.280. The van der Waals surface area contributed by atoms with Gasteiger partial charge in [-0.15, -0.1) is 0 Å². The Morgan fingerprint density at radius 2 is 1.42 bits per heavy atom. The van der Waals surface area contributed by atoms with Gasteiger partial charge in [-0.3, -0.25) is 4.84 Å². The predicted octanol–water partition coefficient (Wildman–Crippen LogP) is 6.32. The van der Waals surface area contributed by atoms with Crippen molar-refractivity contribution < 1.29 is 23.8 Å². The predicted molar refractivity (Wildman–Crippen MR) is 119 cm³/mol. The van der Waals surface area contributed by atoms with Gasteiger partial charge in [-0.25, -0.2) is 13.8 Å². The number of benzene rings is 3. The fourth-order valence-corrected chi connectivity index (χ4v) is 2.91. The average Bonchev–Trinajstić information content (AvgIpc) is 2.78. The molecule has 1 heterocycles. The Morgan fingerprint density at radius 1 is 0.903 bits per heavy atom. The Kier molecular flexibility index (Phi) is 9.43. The highest BCUT2D eigenvalue weighted by atomic mass is 19.1. The molecular formula is C25H29F2NO3. The summed E-state index contributed by atoms with van der Waals surface area (Å²) < 4.78 is 25.2. The zero-order valence-electron chi connectivity index (χ0n) is 18.0. The summed E-state index contributed by atoms with van der Waals surface area (Å²) in [4.78, 5) is 5.40. The SMILES string of the molecule is CC.CCC(O)c1ccc(F)cc1.Oc1ccc(C2CON2c2ccc(F)cc2)cc1. The van der Waals surface area contributed by atoms with Gasteiger partial charge in [0.25, 0.3) is 0 Å². The molecule has 166 valence electrons. The van der Waals surface area contributed by atoms with E-state index >= 15 is 0 Å². The van der Waals surface area contributed by atoms with Gasteiger partial charge in [-0.2, -0.15) is 0 Å². The second-order valence-corrected chi connectivity index (χ2v) is 6.68. The van der Waals surface area contributed by atoms with Crippen LogP contribution in [0.15, 0.2) is 72.8 Å². The maximum absolute atomic E-state index is 12.8. The largest absolute Gasteiger partial charge is 0.508 e. The van der Waals surface area contributed by atoms with Gasteiger partial charge >= 0.3 is 0 Å². The Balaban J connectivity index is 0.000000226. The number of aliphatic hydroxyl groups excluding tert-OH is 1. The first kappa shape index (κ1) is 24.3. The molecule has 0 bridgehead atoms. The van der Waals surface area contributed by atoms with E-state index in [1.165, 1.54) is 24.3 Å². The number of hydrogen-bond donors (Lipinski definition) is 2. The Morgan fingerprint density at radius 3 is 1.87 bits per heavy atom. The third kappa shape index (κ3) is 6.77. The van der Waals surface area contributed by atoms with Crippen molar-refractivity contribution in [1.82, 2.24) is 0 Å². The van der Waals surface area contributed by atoms with Gasteiger partial charge < -0.3 is 10.2 Å². The lowest BCUT2D eigenvalue weighted by Gasteiger charge is -2.41. The lowest BCUT2D eigenvalue weighted by atomic mass is 10.0. The van der Waals surface area contributed by atoms with Gasteiger partial charge in [-0.1, -0.05) is 45.0 Å². The second kappa shape index (κ2) is 12.0. The van der Waals surface area contributed by atoms with Crippen molar-refractivity contribution in [3.05, 3.63) is 95.6 Å². The zero-order valence-corrected chi connectivity index (χ0v) is 18.0. The van der Waals surface area contributed by atoms with Crippen LogP contribution < -0.4 is 5.06 Å². The summed E-state index contributed by atoms with van der Waals surface area (Å²) in [6.45, 7) is 6.47. The first-order chi connectivity index (χ1) is 15.0. The molecule has 4 rings (SSSR count). The molecule has 3 aromatic rings. The van der Waals surface area contributed by atoms with Crippen LogP contribution in [0.3, 0.4) is 0 Å². The third-order valence-electron chi connectivity index (χ3n) is 4.66. The molecule has 0 amide bonds. The van der Waals surface area contributed by atoms with Crippen molar-refractivity contribution in [2.45, 2.75) is 39.3 Å². The van der Waals surface area contributed by atoms with Crippen LogP contribution >= 0.6 is 0 Å². The molecular weight excluding hydrogens is 400 g/mol. The topological polar surface area (TPSA) is 52.9 Å². The summed E-state index contributed by atoms with van der Waals surface area (Å²) in [5, 5.41) is 20.3. The molecule has 1 aliphatic heterocycles. The number of hydroxylamine groups is 1. The Labute approximate surface area is 182 Å². The first-order valence-corrected chi connectivity index (χ1v) is 10.4. The van der Waals surface area contributed by atoms with Crippen molar-refractivity contribution in [3.8, 4) is 5.75 Å². The molecule has 1 fully saturated rings. The highest BCUT2D eigenvalue weighted by molar-refractivity contribution is 5.48. The fourth-order valence-electron chi connectivity index (χ4n) is 2.91. The van der Waals surface area contributed by atoms with Crippen LogP contribution in [0.2, 0.25) is 0 Å². The highest BCUT2D eigenvalue weighted by Crippen LogP contribution is 2.35. The van der Waals surface area contributed by atoms with Gasteiger partial charge in [-0.05, 0) is 66.1 Å². The maximum Gasteiger partial charge on any atom is 0.123 e. The van der Waals surface area contributed by atoms with Gasteiger partial charge in [0, 0.05) is 0 Å². The van der Waals surface area contributed by atoms with E-state index in [4.69, 9.17) is 4.84 Å². The van der Waals surface area contributed by atoms with Crippen LogP contribution in [0.25, 0.3) is 0 Å². The molecule has 0 radical (unpaired) electrons. The number of halogens is 2. The highest BCUT2D eigenvalue weighted by Gasteiger charge is 2.31. The standard InChI is InChI=1S/C14H12FNO2.C9H11FO.C2H6/c15-11-3-5-12(6-4-11)16-14(9-18-16)10-1-7-13(17)8-2-10;1-2-9(11)7-3-5-8(10)6-4-7;1-2/h1-8,14,17H,9H2;3-6,9,11H,2H2,1H3;1-2H3. The van der Waals surface area contributed by atoms with Crippen molar-refractivity contribution in [2.24, 2.45) is 0 Å². The number of phenols is 1. The minimum Gasteiger partial charge on any atom is -0.508 e. The van der Waals surface area contributed by atoms with E-state index in [1.54, 1.807) is 41.5 Å². The summed E-state index contributed by atoms with van der Waals surface area (Å²) >= 11 is 0. The summed E-state index contributed by atoms with van der Waals surface area (Å²) in [6.07, 6.45) is 0.196. The lowest BCUT2D eigenvalue weighted by Crippen LogP contribution is -2.43. The maximum atomic E-state index is 12.8. The minimum atomic E-state index is -0.462. The number of nitrogens with zero attached hydrogens (tertiary/aromatic N) is 1. The number of aliphatic hydroxyl groups is 1. The van der Waals surface area contributed by atoms with Crippen molar-refractivity contribution in [1.29, 1.82) is 0 Å². The molecule has 4 nitrogen and oxygen atoms in total. The minimum absolute atomic E-state index is 0.107. The van der Waals surface area contributed by atoms with Crippen LogP contribution in [0, 0.1) is 11.6 Å². The van der Waals surface area contributed by atoms with Crippen LogP contribution in [-0.2, 0) is 4.84 Å². The summed E-state index contributed by atoms with van der Waals surface area (Å²) in [5.41, 5.74) is 2.65.